The smallest absolute Gasteiger partial charge is 0.372 e. The van der Waals surface area contributed by atoms with Crippen LogP contribution in [0.3, 0.4) is 0 Å². The lowest BCUT2D eigenvalue weighted by atomic mass is 10.1. The van der Waals surface area contributed by atoms with Crippen LogP contribution in [0.5, 0.6) is 0 Å². The van der Waals surface area contributed by atoms with Gasteiger partial charge in [-0.25, -0.2) is 4.79 Å². The molecule has 88 valence electrons. The number of benzene rings is 2. The third kappa shape index (κ3) is 2.73. The minimum atomic E-state index is -0.306. The van der Waals surface area contributed by atoms with Crippen LogP contribution >= 0.6 is 23.4 Å². The van der Waals surface area contributed by atoms with Crippen molar-refractivity contribution in [3.8, 4) is 0 Å². The van der Waals surface area contributed by atoms with E-state index in [0.717, 1.165) is 27.4 Å². The SMILES string of the molecule is CCOC(=O)Sc1cccc2cccc(Cl)c12. The van der Waals surface area contributed by atoms with Gasteiger partial charge in [-0.05, 0) is 36.2 Å². The molecule has 0 fully saturated rings. The molecule has 0 bridgehead atoms. The second-order valence-electron chi connectivity index (χ2n) is 3.38. The summed E-state index contributed by atoms with van der Waals surface area (Å²) < 4.78 is 4.92. The molecule has 0 saturated heterocycles. The Balaban J connectivity index is 2.43. The molecule has 2 nitrogen and oxygen atoms in total. The van der Waals surface area contributed by atoms with Gasteiger partial charge in [0.15, 0.2) is 0 Å². The van der Waals surface area contributed by atoms with Crippen molar-refractivity contribution in [3.63, 3.8) is 0 Å². The predicted molar refractivity (Wildman–Crippen MR) is 71.8 cm³/mol. The van der Waals surface area contributed by atoms with Crippen LogP contribution in [0.4, 0.5) is 4.79 Å². The van der Waals surface area contributed by atoms with Gasteiger partial charge in [-0.1, -0.05) is 35.9 Å². The first-order valence-corrected chi connectivity index (χ1v) is 6.43. The highest BCUT2D eigenvalue weighted by molar-refractivity contribution is 8.13. The van der Waals surface area contributed by atoms with E-state index in [1.165, 1.54) is 0 Å². The van der Waals surface area contributed by atoms with Crippen LogP contribution in [0.15, 0.2) is 41.3 Å². The fourth-order valence-corrected chi connectivity index (χ4v) is 2.76. The summed E-state index contributed by atoms with van der Waals surface area (Å²) in [6, 6.07) is 11.4. The highest BCUT2D eigenvalue weighted by atomic mass is 35.5. The van der Waals surface area contributed by atoms with E-state index in [1.807, 2.05) is 36.4 Å². The van der Waals surface area contributed by atoms with Crippen LogP contribution < -0.4 is 0 Å². The van der Waals surface area contributed by atoms with E-state index >= 15 is 0 Å². The Hall–Kier alpha value is -1.19. The Morgan fingerprint density at radius 3 is 2.71 bits per heavy atom. The van der Waals surface area contributed by atoms with Crippen molar-refractivity contribution in [2.75, 3.05) is 6.61 Å². The van der Waals surface area contributed by atoms with Crippen molar-refractivity contribution < 1.29 is 9.53 Å². The van der Waals surface area contributed by atoms with Crippen LogP contribution in [-0.2, 0) is 4.74 Å². The Morgan fingerprint density at radius 2 is 2.00 bits per heavy atom. The number of rotatable bonds is 2. The molecule has 0 atom stereocenters. The van der Waals surface area contributed by atoms with Crippen molar-refractivity contribution in [1.29, 1.82) is 0 Å². The van der Waals surface area contributed by atoms with E-state index in [9.17, 15) is 4.79 Å². The maximum atomic E-state index is 11.5. The van der Waals surface area contributed by atoms with Gasteiger partial charge in [0.05, 0.1) is 6.61 Å². The van der Waals surface area contributed by atoms with Crippen molar-refractivity contribution >= 4 is 39.4 Å². The number of halogens is 1. The monoisotopic (exact) mass is 266 g/mol. The van der Waals surface area contributed by atoms with E-state index < -0.39 is 0 Å². The second-order valence-corrected chi connectivity index (χ2v) is 4.76. The van der Waals surface area contributed by atoms with Gasteiger partial charge in [0.2, 0.25) is 0 Å². The molecule has 0 spiro atoms. The van der Waals surface area contributed by atoms with Crippen LogP contribution in [0.2, 0.25) is 5.02 Å². The summed E-state index contributed by atoms with van der Waals surface area (Å²) in [5, 5.41) is 2.26. The average molecular weight is 267 g/mol. The summed E-state index contributed by atoms with van der Waals surface area (Å²) in [6.07, 6.45) is 0. The lowest BCUT2D eigenvalue weighted by Gasteiger charge is -2.06. The third-order valence-electron chi connectivity index (χ3n) is 2.27. The summed E-state index contributed by atoms with van der Waals surface area (Å²) in [5.41, 5.74) is 0. The first kappa shape index (κ1) is 12.3. The molecular formula is C13H11ClO2S. The zero-order valence-corrected chi connectivity index (χ0v) is 10.8. The molecule has 0 heterocycles. The van der Waals surface area contributed by atoms with Gasteiger partial charge in [-0.2, -0.15) is 0 Å². The Bertz CT molecular complexity index is 549. The molecular weight excluding hydrogens is 256 g/mol. The Morgan fingerprint density at radius 1 is 1.29 bits per heavy atom. The molecule has 0 saturated carbocycles. The molecule has 2 aromatic rings. The van der Waals surface area contributed by atoms with Crippen molar-refractivity contribution in [1.82, 2.24) is 0 Å². The van der Waals surface area contributed by atoms with Crippen molar-refractivity contribution in [3.05, 3.63) is 41.4 Å². The standard InChI is InChI=1S/C13H11ClO2S/c1-2-16-13(15)17-11-8-4-6-9-5-3-7-10(14)12(9)11/h3-8H,2H2,1H3. The molecule has 0 aliphatic heterocycles. The topological polar surface area (TPSA) is 26.3 Å². The lowest BCUT2D eigenvalue weighted by Crippen LogP contribution is -1.95. The molecule has 0 radical (unpaired) electrons. The predicted octanol–water partition coefficient (Wildman–Crippen LogP) is 4.74. The fourth-order valence-electron chi connectivity index (χ4n) is 1.58. The van der Waals surface area contributed by atoms with Gasteiger partial charge >= 0.3 is 5.30 Å². The number of hydrogen-bond acceptors (Lipinski definition) is 3. The molecule has 0 aliphatic rings. The number of hydrogen-bond donors (Lipinski definition) is 0. The lowest BCUT2D eigenvalue weighted by molar-refractivity contribution is 0.181. The normalized spacial score (nSPS) is 10.5. The zero-order chi connectivity index (χ0) is 12.3. The number of carbonyl (C=O) groups is 1. The van der Waals surface area contributed by atoms with Crippen LogP contribution in [0, 0.1) is 0 Å². The zero-order valence-electron chi connectivity index (χ0n) is 9.27. The average Bonchev–Trinajstić information content (AvgIpc) is 2.29. The van der Waals surface area contributed by atoms with Crippen molar-refractivity contribution in [2.45, 2.75) is 11.8 Å². The molecule has 2 rings (SSSR count). The van der Waals surface area contributed by atoms with E-state index in [0.29, 0.717) is 11.6 Å². The van der Waals surface area contributed by atoms with Crippen LogP contribution in [0.1, 0.15) is 6.92 Å². The Labute approximate surface area is 109 Å². The van der Waals surface area contributed by atoms with E-state index in [-0.39, 0.29) is 5.30 Å². The third-order valence-corrected chi connectivity index (χ3v) is 3.43. The number of fused-ring (bicyclic) bond motifs is 1. The first-order chi connectivity index (χ1) is 8.22. The number of ether oxygens (including phenoxy) is 1. The molecule has 4 heteroatoms. The molecule has 2 aromatic carbocycles. The van der Waals surface area contributed by atoms with E-state index in [4.69, 9.17) is 16.3 Å². The van der Waals surface area contributed by atoms with Crippen LogP contribution in [-0.4, -0.2) is 11.9 Å². The molecule has 0 unspecified atom stereocenters. The Kier molecular flexibility index (Phi) is 3.92. The van der Waals surface area contributed by atoms with Gasteiger partial charge in [0.1, 0.15) is 0 Å². The van der Waals surface area contributed by atoms with Gasteiger partial charge in [-0.15, -0.1) is 0 Å². The van der Waals surface area contributed by atoms with E-state index in [2.05, 4.69) is 0 Å². The number of thioether (sulfide) groups is 1. The summed E-state index contributed by atoms with van der Waals surface area (Å²) in [4.78, 5) is 12.3. The van der Waals surface area contributed by atoms with Gasteiger partial charge in [0, 0.05) is 15.3 Å². The largest absolute Gasteiger partial charge is 0.458 e. The highest BCUT2D eigenvalue weighted by Gasteiger charge is 2.10. The minimum absolute atomic E-state index is 0.306. The van der Waals surface area contributed by atoms with Gasteiger partial charge < -0.3 is 4.74 Å². The summed E-state index contributed by atoms with van der Waals surface area (Å²) in [5.74, 6) is 0. The molecule has 0 N–H and O–H groups in total. The quantitative estimate of drug-likeness (QED) is 0.580. The first-order valence-electron chi connectivity index (χ1n) is 5.24. The van der Waals surface area contributed by atoms with Gasteiger partial charge in [-0.3, -0.25) is 0 Å². The van der Waals surface area contributed by atoms with Crippen molar-refractivity contribution in [2.24, 2.45) is 0 Å². The van der Waals surface area contributed by atoms with Gasteiger partial charge in [0.25, 0.3) is 0 Å². The second kappa shape index (κ2) is 5.43. The maximum Gasteiger partial charge on any atom is 0.372 e. The summed E-state index contributed by atoms with van der Waals surface area (Å²) >= 11 is 7.22. The van der Waals surface area contributed by atoms with E-state index in [1.54, 1.807) is 6.92 Å². The summed E-state index contributed by atoms with van der Waals surface area (Å²) in [6.45, 7) is 2.17. The molecule has 0 aliphatic carbocycles. The van der Waals surface area contributed by atoms with Crippen LogP contribution in [0.25, 0.3) is 10.8 Å². The maximum absolute atomic E-state index is 11.5. The summed E-state index contributed by atoms with van der Waals surface area (Å²) in [7, 11) is 0. The molecule has 17 heavy (non-hydrogen) atoms. The number of carbonyl (C=O) groups excluding carboxylic acids is 1. The molecule has 0 aromatic heterocycles. The molecule has 0 amide bonds. The fraction of sp³-hybridized carbons (Fsp3) is 0.154. The minimum Gasteiger partial charge on any atom is -0.458 e. The highest BCUT2D eigenvalue weighted by Crippen LogP contribution is 2.33.